The Balaban J connectivity index is 1.74. The van der Waals surface area contributed by atoms with Crippen molar-refractivity contribution in [2.24, 2.45) is 5.73 Å². The summed E-state index contributed by atoms with van der Waals surface area (Å²) in [7, 11) is 0. The molecule has 1 aliphatic rings. The smallest absolute Gasteiger partial charge is 0.224 e. The number of nitrogens with one attached hydrogen (secondary N) is 1. The lowest BCUT2D eigenvalue weighted by Crippen LogP contribution is -2.15. The predicted molar refractivity (Wildman–Crippen MR) is 76.0 cm³/mol. The molecule has 0 aromatic heterocycles. The third-order valence-electron chi connectivity index (χ3n) is 3.39. The van der Waals surface area contributed by atoms with Gasteiger partial charge in [0, 0.05) is 18.7 Å². The van der Waals surface area contributed by atoms with Gasteiger partial charge in [0.25, 0.3) is 0 Å². The first-order chi connectivity index (χ1) is 9.28. The van der Waals surface area contributed by atoms with E-state index in [0.29, 0.717) is 13.0 Å². The zero-order valence-electron chi connectivity index (χ0n) is 11.2. The summed E-state index contributed by atoms with van der Waals surface area (Å²) in [5, 5.41) is 2.91. The zero-order valence-corrected chi connectivity index (χ0v) is 11.2. The van der Waals surface area contributed by atoms with Crippen molar-refractivity contribution in [3.63, 3.8) is 0 Å². The molecule has 1 fully saturated rings. The van der Waals surface area contributed by atoms with E-state index in [1.165, 1.54) is 5.56 Å². The van der Waals surface area contributed by atoms with Crippen molar-refractivity contribution >= 4 is 11.6 Å². The van der Waals surface area contributed by atoms with E-state index in [1.54, 1.807) is 0 Å². The second kappa shape index (κ2) is 7.26. The first-order valence-corrected chi connectivity index (χ1v) is 6.98. The molecule has 1 heterocycles. The predicted octanol–water partition coefficient (Wildman–Crippen LogP) is 2.09. The van der Waals surface area contributed by atoms with Gasteiger partial charge in [0.2, 0.25) is 5.91 Å². The van der Waals surface area contributed by atoms with Gasteiger partial charge in [-0.15, -0.1) is 0 Å². The van der Waals surface area contributed by atoms with Gasteiger partial charge in [-0.25, -0.2) is 0 Å². The van der Waals surface area contributed by atoms with Crippen LogP contribution in [0, 0.1) is 0 Å². The van der Waals surface area contributed by atoms with Gasteiger partial charge in [-0.05, 0) is 49.9 Å². The molecule has 104 valence electrons. The third kappa shape index (κ3) is 4.65. The summed E-state index contributed by atoms with van der Waals surface area (Å²) < 4.78 is 5.50. The average molecular weight is 262 g/mol. The van der Waals surface area contributed by atoms with Crippen LogP contribution in [-0.2, 0) is 16.0 Å². The number of hydrogen-bond donors (Lipinski definition) is 2. The number of hydrogen-bond acceptors (Lipinski definition) is 3. The standard InChI is InChI=1S/C15H22N2O2/c16-10-9-12-3-5-13(6-4-12)17-15(18)8-7-14-2-1-11-19-14/h3-6,14H,1-2,7-11,16H2,(H,17,18). The third-order valence-corrected chi connectivity index (χ3v) is 3.39. The van der Waals surface area contributed by atoms with Crippen LogP contribution < -0.4 is 11.1 Å². The highest BCUT2D eigenvalue weighted by Crippen LogP contribution is 2.17. The molecule has 1 saturated heterocycles. The van der Waals surface area contributed by atoms with Gasteiger partial charge < -0.3 is 15.8 Å². The first kappa shape index (κ1) is 14.0. The minimum Gasteiger partial charge on any atom is -0.378 e. The molecule has 0 saturated carbocycles. The van der Waals surface area contributed by atoms with Crippen molar-refractivity contribution in [3.05, 3.63) is 29.8 Å². The molecular weight excluding hydrogens is 240 g/mol. The topological polar surface area (TPSA) is 64.3 Å². The lowest BCUT2D eigenvalue weighted by molar-refractivity contribution is -0.116. The molecule has 0 spiro atoms. The van der Waals surface area contributed by atoms with E-state index in [4.69, 9.17) is 10.5 Å². The SMILES string of the molecule is NCCc1ccc(NC(=O)CCC2CCCO2)cc1. The molecule has 4 nitrogen and oxygen atoms in total. The van der Waals surface area contributed by atoms with Crippen LogP contribution in [0.15, 0.2) is 24.3 Å². The number of carbonyl (C=O) groups excluding carboxylic acids is 1. The second-order valence-electron chi connectivity index (χ2n) is 4.96. The molecule has 1 aromatic carbocycles. The van der Waals surface area contributed by atoms with Crippen molar-refractivity contribution in [1.29, 1.82) is 0 Å². The van der Waals surface area contributed by atoms with Gasteiger partial charge in [0.15, 0.2) is 0 Å². The molecule has 1 aromatic rings. The Kier molecular flexibility index (Phi) is 5.36. The number of rotatable bonds is 6. The molecule has 0 bridgehead atoms. The van der Waals surface area contributed by atoms with E-state index in [-0.39, 0.29) is 12.0 Å². The zero-order chi connectivity index (χ0) is 13.5. The summed E-state index contributed by atoms with van der Waals surface area (Å²) in [6, 6.07) is 7.86. The highest BCUT2D eigenvalue weighted by Gasteiger charge is 2.16. The van der Waals surface area contributed by atoms with Gasteiger partial charge in [-0.3, -0.25) is 4.79 Å². The molecular formula is C15H22N2O2. The van der Waals surface area contributed by atoms with Crippen LogP contribution in [0.25, 0.3) is 0 Å². The molecule has 1 unspecified atom stereocenters. The minimum atomic E-state index is 0.0575. The summed E-state index contributed by atoms with van der Waals surface area (Å²) in [6.45, 7) is 1.49. The lowest BCUT2D eigenvalue weighted by Gasteiger charge is -2.09. The molecule has 1 atom stereocenters. The normalized spacial score (nSPS) is 18.5. The van der Waals surface area contributed by atoms with E-state index in [0.717, 1.165) is 38.0 Å². The Labute approximate surface area is 114 Å². The first-order valence-electron chi connectivity index (χ1n) is 6.98. The van der Waals surface area contributed by atoms with E-state index in [2.05, 4.69) is 5.32 Å². The monoisotopic (exact) mass is 262 g/mol. The second-order valence-corrected chi connectivity index (χ2v) is 4.96. The van der Waals surface area contributed by atoms with Crippen LogP contribution >= 0.6 is 0 Å². The minimum absolute atomic E-state index is 0.0575. The van der Waals surface area contributed by atoms with Gasteiger partial charge in [0.1, 0.15) is 0 Å². The fourth-order valence-corrected chi connectivity index (χ4v) is 2.31. The number of amides is 1. The Hall–Kier alpha value is -1.39. The van der Waals surface area contributed by atoms with Gasteiger partial charge in [0.05, 0.1) is 6.10 Å². The average Bonchev–Trinajstić information content (AvgIpc) is 2.92. The highest BCUT2D eigenvalue weighted by atomic mass is 16.5. The maximum absolute atomic E-state index is 11.8. The fourth-order valence-electron chi connectivity index (χ4n) is 2.31. The molecule has 1 aliphatic heterocycles. The Morgan fingerprint density at radius 3 is 2.79 bits per heavy atom. The summed E-state index contributed by atoms with van der Waals surface area (Å²) >= 11 is 0. The van der Waals surface area contributed by atoms with E-state index >= 15 is 0 Å². The molecule has 1 amide bonds. The molecule has 3 N–H and O–H groups in total. The molecule has 0 aliphatic carbocycles. The summed E-state index contributed by atoms with van der Waals surface area (Å²) in [5.74, 6) is 0.0575. The summed E-state index contributed by atoms with van der Waals surface area (Å²) in [4.78, 5) is 11.8. The van der Waals surface area contributed by atoms with E-state index < -0.39 is 0 Å². The van der Waals surface area contributed by atoms with Crippen LogP contribution in [-0.4, -0.2) is 25.2 Å². The van der Waals surface area contributed by atoms with E-state index in [9.17, 15) is 4.79 Å². The van der Waals surface area contributed by atoms with E-state index in [1.807, 2.05) is 24.3 Å². The van der Waals surface area contributed by atoms with Crippen LogP contribution in [0.2, 0.25) is 0 Å². The van der Waals surface area contributed by atoms with Crippen molar-refractivity contribution in [2.45, 2.75) is 38.2 Å². The largest absolute Gasteiger partial charge is 0.378 e. The van der Waals surface area contributed by atoms with Crippen LogP contribution in [0.1, 0.15) is 31.2 Å². The Bertz CT molecular complexity index is 397. The fraction of sp³-hybridized carbons (Fsp3) is 0.533. The number of ether oxygens (including phenoxy) is 1. The maximum atomic E-state index is 11.8. The molecule has 0 radical (unpaired) electrons. The number of nitrogens with two attached hydrogens (primary N) is 1. The summed E-state index contributed by atoms with van der Waals surface area (Å²) in [5.41, 5.74) is 7.54. The molecule has 2 rings (SSSR count). The van der Waals surface area contributed by atoms with Crippen molar-refractivity contribution in [2.75, 3.05) is 18.5 Å². The maximum Gasteiger partial charge on any atom is 0.224 e. The van der Waals surface area contributed by atoms with Crippen molar-refractivity contribution in [1.82, 2.24) is 0 Å². The van der Waals surface area contributed by atoms with Crippen LogP contribution in [0.5, 0.6) is 0 Å². The Morgan fingerprint density at radius 2 is 2.16 bits per heavy atom. The molecule has 4 heteroatoms. The van der Waals surface area contributed by atoms with Crippen LogP contribution in [0.3, 0.4) is 0 Å². The highest BCUT2D eigenvalue weighted by molar-refractivity contribution is 5.90. The molecule has 19 heavy (non-hydrogen) atoms. The van der Waals surface area contributed by atoms with Gasteiger partial charge >= 0.3 is 0 Å². The van der Waals surface area contributed by atoms with Crippen molar-refractivity contribution in [3.8, 4) is 0 Å². The number of carbonyl (C=O) groups is 1. The number of benzene rings is 1. The number of anilines is 1. The van der Waals surface area contributed by atoms with Crippen molar-refractivity contribution < 1.29 is 9.53 Å². The Morgan fingerprint density at radius 1 is 1.37 bits per heavy atom. The van der Waals surface area contributed by atoms with Gasteiger partial charge in [-0.1, -0.05) is 12.1 Å². The van der Waals surface area contributed by atoms with Crippen LogP contribution in [0.4, 0.5) is 5.69 Å². The quantitative estimate of drug-likeness (QED) is 0.825. The lowest BCUT2D eigenvalue weighted by atomic mass is 10.1. The summed E-state index contributed by atoms with van der Waals surface area (Å²) in [6.07, 6.45) is 4.69. The van der Waals surface area contributed by atoms with Gasteiger partial charge in [-0.2, -0.15) is 0 Å².